The van der Waals surface area contributed by atoms with E-state index in [-0.39, 0.29) is 42.2 Å². The summed E-state index contributed by atoms with van der Waals surface area (Å²) < 4.78 is 51.8. The number of hydrogen-bond acceptors (Lipinski definition) is 11. The Hall–Kier alpha value is -5.17. The Balaban J connectivity index is 1.45. The highest BCUT2D eigenvalue weighted by atomic mass is 32.2. The first-order valence-electron chi connectivity index (χ1n) is 22.6. The molecule has 2 bridgehead atoms. The lowest BCUT2D eigenvalue weighted by Crippen LogP contribution is -2.88. The lowest BCUT2D eigenvalue weighted by atomic mass is 9.46. The zero-order chi connectivity index (χ0) is 48.2. The van der Waals surface area contributed by atoms with Gasteiger partial charge in [0.1, 0.15) is 23.2 Å². The predicted molar refractivity (Wildman–Crippen MR) is 248 cm³/mol. The molecule has 16 nitrogen and oxygen atoms in total. The van der Waals surface area contributed by atoms with E-state index in [0.29, 0.717) is 37.2 Å². The number of ketones is 1. The number of nitro groups is 1. The Bertz CT molecular complexity index is 2630. The molecule has 66 heavy (non-hydrogen) atoms. The molecule has 3 amide bonds. The number of nitrogens with one attached hydrogen (secondary N) is 1. The highest BCUT2D eigenvalue weighted by Crippen LogP contribution is 2.77. The van der Waals surface area contributed by atoms with Crippen molar-refractivity contribution in [1.29, 1.82) is 0 Å². The molecule has 0 aliphatic carbocycles. The van der Waals surface area contributed by atoms with Crippen LogP contribution < -0.4 is 14.4 Å². The van der Waals surface area contributed by atoms with Crippen LogP contribution in [0.1, 0.15) is 91.7 Å². The summed E-state index contributed by atoms with van der Waals surface area (Å²) in [7, 11) is -5.75. The molecule has 0 saturated carbocycles. The predicted octanol–water partition coefficient (Wildman–Crippen LogP) is 6.61. The number of unbranched alkanes of at least 4 members (excludes halogenated alkanes) is 1. The number of nitrogens with zero attached hydrogens (tertiary/aromatic N) is 4. The molecule has 8 rings (SSSR count). The second-order valence-corrected chi connectivity index (χ2v) is 27.6. The summed E-state index contributed by atoms with van der Waals surface area (Å²) in [6.45, 7) is 17.6. The van der Waals surface area contributed by atoms with E-state index in [2.05, 4.69) is 39.2 Å². The first kappa shape index (κ1) is 47.3. The number of ether oxygens (including phenoxy) is 2. The number of hydrogen-bond donors (Lipinski definition) is 1. The molecule has 6 atom stereocenters. The highest BCUT2D eigenvalue weighted by Gasteiger charge is 2.97. The van der Waals surface area contributed by atoms with E-state index in [1.807, 2.05) is 0 Å². The number of anilines is 1. The maximum absolute atomic E-state index is 16.4. The molecule has 0 radical (unpaired) electrons. The van der Waals surface area contributed by atoms with Gasteiger partial charge in [-0.05, 0) is 113 Å². The second kappa shape index (κ2) is 15.7. The maximum atomic E-state index is 16.4. The Kier molecular flexibility index (Phi) is 11.3. The molecule has 3 aromatic rings. The first-order valence-corrected chi connectivity index (χ1v) is 27.0. The summed E-state index contributed by atoms with van der Waals surface area (Å²) >= 11 is 0. The van der Waals surface area contributed by atoms with Crippen molar-refractivity contribution in [2.24, 2.45) is 5.41 Å². The number of Topliss-reactive ketones (excluding diaryl/α,β-unsaturated/α-hetero) is 1. The van der Waals surface area contributed by atoms with E-state index in [4.69, 9.17) is 13.9 Å². The number of para-hydroxylation sites is 2. The molecule has 5 aliphatic heterocycles. The van der Waals surface area contributed by atoms with Gasteiger partial charge in [-0.25, -0.2) is 8.42 Å². The standard InChI is InChI=1S/C48H61N5O11SSi/c1-31(54)47-40-46(34-18-11-12-19-35(34)52(40)65(60,61)37-21-14-13-20-36(37)53(58)59)38(39(55)49-43(2,3)4)50(30-32-22-24-33(62-8)25-23-32)41(56)45(26-15-16-29-63-66(9,10)44(5,6)7)27-17-28-51(42(47)57)48(45,46)64-47/h11-14,18-25,38,40H,15-17,26-30H2,1-10H3,(H,49,55)/t38-,40+,45-,46+,47-,48+/m1/s1. The fourth-order valence-electron chi connectivity index (χ4n) is 11.6. The number of fused-ring (bicyclic) bond motifs is 3. The van der Waals surface area contributed by atoms with Crippen molar-refractivity contribution in [3.05, 3.63) is 94.0 Å². The van der Waals surface area contributed by atoms with Crippen molar-refractivity contribution in [1.82, 2.24) is 15.1 Å². The third kappa shape index (κ3) is 6.36. The molecule has 2 spiro atoms. The fourth-order valence-corrected chi connectivity index (χ4v) is 14.5. The number of likely N-dealkylation sites (tertiary alicyclic amines) is 1. The van der Waals surface area contributed by atoms with E-state index in [1.165, 1.54) is 35.1 Å². The topological polar surface area (TPSA) is 195 Å². The number of benzene rings is 3. The number of methoxy groups -OCH3 is 1. The van der Waals surface area contributed by atoms with Gasteiger partial charge in [0.05, 0.1) is 23.1 Å². The van der Waals surface area contributed by atoms with Crippen LogP contribution in [0.15, 0.2) is 77.7 Å². The fraction of sp³-hybridized carbons (Fsp3) is 0.542. The van der Waals surface area contributed by atoms with Gasteiger partial charge in [-0.2, -0.15) is 0 Å². The lowest BCUT2D eigenvalue weighted by Gasteiger charge is -2.68. The molecule has 5 aliphatic rings. The van der Waals surface area contributed by atoms with E-state index in [0.717, 1.165) is 23.4 Å². The Labute approximate surface area is 387 Å². The normalized spacial score (nSPS) is 27.9. The van der Waals surface area contributed by atoms with Gasteiger partial charge < -0.3 is 29.0 Å². The van der Waals surface area contributed by atoms with Crippen LogP contribution in [-0.2, 0) is 50.3 Å². The molecule has 1 N–H and O–H groups in total. The highest BCUT2D eigenvalue weighted by molar-refractivity contribution is 7.93. The number of carbonyl (C=O) groups is 4. The van der Waals surface area contributed by atoms with E-state index >= 15 is 22.8 Å². The summed E-state index contributed by atoms with van der Waals surface area (Å²) in [5.74, 6) is -2.22. The lowest BCUT2D eigenvalue weighted by molar-refractivity contribution is -0.387. The number of nitro benzene ring substituents is 1. The first-order chi connectivity index (χ1) is 30.8. The smallest absolute Gasteiger partial charge is 0.289 e. The van der Waals surface area contributed by atoms with Gasteiger partial charge in [0.15, 0.2) is 24.7 Å². The molecule has 0 unspecified atom stereocenters. The number of amides is 3. The largest absolute Gasteiger partial charge is 0.497 e. The van der Waals surface area contributed by atoms with Crippen LogP contribution in [0.2, 0.25) is 18.1 Å². The molecular formula is C48H61N5O11SSi. The van der Waals surface area contributed by atoms with Crippen molar-refractivity contribution in [3.8, 4) is 5.75 Å². The van der Waals surface area contributed by atoms with Crippen molar-refractivity contribution in [2.45, 2.75) is 145 Å². The van der Waals surface area contributed by atoms with E-state index in [9.17, 15) is 14.9 Å². The van der Waals surface area contributed by atoms with Gasteiger partial charge in [0.25, 0.3) is 21.6 Å². The molecule has 3 aromatic carbocycles. The monoisotopic (exact) mass is 943 g/mol. The van der Waals surface area contributed by atoms with Gasteiger partial charge in [-0.1, -0.05) is 63.2 Å². The van der Waals surface area contributed by atoms with Gasteiger partial charge >= 0.3 is 0 Å². The molecule has 18 heteroatoms. The van der Waals surface area contributed by atoms with Gasteiger partial charge in [0, 0.05) is 31.3 Å². The number of carbonyl (C=O) groups excluding carboxylic acids is 4. The van der Waals surface area contributed by atoms with Crippen LogP contribution in [0.25, 0.3) is 0 Å². The minimum Gasteiger partial charge on any atom is -0.497 e. The van der Waals surface area contributed by atoms with Crippen LogP contribution in [0.4, 0.5) is 11.4 Å². The zero-order valence-corrected chi connectivity index (χ0v) is 41.2. The van der Waals surface area contributed by atoms with Crippen LogP contribution in [-0.4, -0.2) is 104 Å². The third-order valence-electron chi connectivity index (χ3n) is 15.1. The van der Waals surface area contributed by atoms with Crippen molar-refractivity contribution in [2.75, 3.05) is 24.6 Å². The van der Waals surface area contributed by atoms with Crippen molar-refractivity contribution < 1.29 is 46.4 Å². The summed E-state index contributed by atoms with van der Waals surface area (Å²) in [5, 5.41) is 15.7. The molecule has 4 fully saturated rings. The average Bonchev–Trinajstić information content (AvgIpc) is 3.82. The van der Waals surface area contributed by atoms with Gasteiger partial charge in [0.2, 0.25) is 17.4 Å². The Morgan fingerprint density at radius 2 is 1.61 bits per heavy atom. The van der Waals surface area contributed by atoms with Crippen molar-refractivity contribution in [3.63, 3.8) is 0 Å². The van der Waals surface area contributed by atoms with E-state index < -0.39 is 97.1 Å². The summed E-state index contributed by atoms with van der Waals surface area (Å²) in [6, 6.07) is 15.0. The third-order valence-corrected chi connectivity index (χ3v) is 21.5. The molecule has 0 aromatic heterocycles. The average molecular weight is 944 g/mol. The summed E-state index contributed by atoms with van der Waals surface area (Å²) in [6.07, 6.45) is 1.59. The number of sulfonamides is 1. The maximum Gasteiger partial charge on any atom is 0.289 e. The van der Waals surface area contributed by atoms with Crippen LogP contribution >= 0.6 is 0 Å². The van der Waals surface area contributed by atoms with Gasteiger partial charge in [-0.3, -0.25) is 33.6 Å². The van der Waals surface area contributed by atoms with Gasteiger partial charge in [-0.15, -0.1) is 0 Å². The minimum atomic E-state index is -5.11. The molecule has 354 valence electrons. The van der Waals surface area contributed by atoms with Crippen LogP contribution in [0, 0.1) is 15.5 Å². The Morgan fingerprint density at radius 3 is 2.23 bits per heavy atom. The zero-order valence-electron chi connectivity index (χ0n) is 39.4. The Morgan fingerprint density at radius 1 is 0.955 bits per heavy atom. The van der Waals surface area contributed by atoms with E-state index in [1.54, 1.807) is 63.2 Å². The second-order valence-electron chi connectivity index (χ2n) is 21.0. The summed E-state index contributed by atoms with van der Waals surface area (Å²) in [4.78, 5) is 76.9. The number of piperidine rings is 3. The quantitative estimate of drug-likeness (QED) is 0.0601. The SMILES string of the molecule is COc1ccc(CN2C(=O)[C@@]3(CCCCO[Si](C)(C)C(C)(C)C)CCCN4C(=O)[C@]5(C(C)=O)O[C@@]43[C@@]3(c4ccccc4N(S(=O)(=O)c4ccccc4[N+](=O)[O-])[C@H]53)[C@H]2C(=O)NC(C)(C)C)cc1. The molecule has 4 saturated heterocycles. The van der Waals surface area contributed by atoms with Crippen LogP contribution in [0.5, 0.6) is 5.75 Å². The number of rotatable bonds is 14. The minimum absolute atomic E-state index is 0.0122. The van der Waals surface area contributed by atoms with Crippen LogP contribution in [0.3, 0.4) is 0 Å². The summed E-state index contributed by atoms with van der Waals surface area (Å²) in [5.41, 5.74) is -9.10. The van der Waals surface area contributed by atoms with Crippen molar-refractivity contribution >= 4 is 53.2 Å². The molecule has 5 heterocycles. The molecular weight excluding hydrogens is 883 g/mol.